The van der Waals surface area contributed by atoms with E-state index in [1.54, 1.807) is 6.92 Å². The zero-order chi connectivity index (χ0) is 13.1. The average molecular weight is 244 g/mol. The van der Waals surface area contributed by atoms with E-state index < -0.39 is 5.54 Å². The van der Waals surface area contributed by atoms with E-state index in [4.69, 9.17) is 10.5 Å². The first-order chi connectivity index (χ1) is 7.85. The summed E-state index contributed by atoms with van der Waals surface area (Å²) in [6.45, 7) is 8.41. The molecule has 0 aromatic heterocycles. The second-order valence-electron chi connectivity index (χ2n) is 5.18. The van der Waals surface area contributed by atoms with E-state index in [1.807, 2.05) is 0 Å². The Morgan fingerprint density at radius 1 is 1.47 bits per heavy atom. The average Bonchev–Trinajstić information content (AvgIpc) is 2.24. The Hall–Kier alpha value is -0.650. The highest BCUT2D eigenvalue weighted by Gasteiger charge is 2.31. The molecule has 0 bridgehead atoms. The quantitative estimate of drug-likeness (QED) is 0.724. The van der Waals surface area contributed by atoms with Crippen molar-refractivity contribution in [3.8, 4) is 0 Å². The van der Waals surface area contributed by atoms with Crippen LogP contribution in [-0.4, -0.2) is 55.4 Å². The fourth-order valence-corrected chi connectivity index (χ4v) is 2.19. The Kier molecular flexibility index (Phi) is 4.91. The van der Waals surface area contributed by atoms with E-state index in [-0.39, 0.29) is 18.2 Å². The van der Waals surface area contributed by atoms with Crippen LogP contribution in [0, 0.1) is 0 Å². The summed E-state index contributed by atoms with van der Waals surface area (Å²) in [5.41, 5.74) is 5.02. The Labute approximate surface area is 103 Å². The topological polar surface area (TPSA) is 64.8 Å². The molecule has 1 aliphatic rings. The minimum atomic E-state index is -0.903. The molecule has 1 saturated heterocycles. The molecule has 2 N–H and O–H groups in total. The van der Waals surface area contributed by atoms with E-state index in [2.05, 4.69) is 23.5 Å². The van der Waals surface area contributed by atoms with E-state index in [9.17, 15) is 4.79 Å². The monoisotopic (exact) mass is 244 g/mol. The largest absolute Gasteiger partial charge is 0.468 e. The summed E-state index contributed by atoms with van der Waals surface area (Å²) >= 11 is 0. The number of hydrogen-bond acceptors (Lipinski definition) is 5. The van der Waals surface area contributed by atoms with Gasteiger partial charge in [0.15, 0.2) is 0 Å². The van der Waals surface area contributed by atoms with Crippen LogP contribution in [0.25, 0.3) is 0 Å². The first kappa shape index (κ1) is 14.4. The molecule has 1 heterocycles. The maximum atomic E-state index is 11.4. The van der Waals surface area contributed by atoms with Crippen LogP contribution in [0.1, 0.15) is 27.2 Å². The van der Waals surface area contributed by atoms with Gasteiger partial charge < -0.3 is 15.2 Å². The van der Waals surface area contributed by atoms with E-state index in [1.165, 1.54) is 7.11 Å². The number of rotatable bonds is 4. The van der Waals surface area contributed by atoms with Crippen LogP contribution >= 0.6 is 0 Å². The highest BCUT2D eigenvalue weighted by atomic mass is 16.5. The van der Waals surface area contributed by atoms with Crippen molar-refractivity contribution in [2.75, 3.05) is 26.7 Å². The predicted molar refractivity (Wildman–Crippen MR) is 65.7 cm³/mol. The molecule has 1 aliphatic heterocycles. The fourth-order valence-electron chi connectivity index (χ4n) is 2.19. The lowest BCUT2D eigenvalue weighted by Gasteiger charge is -2.36. The van der Waals surface area contributed by atoms with Crippen molar-refractivity contribution in [1.82, 2.24) is 4.90 Å². The lowest BCUT2D eigenvalue weighted by atomic mass is 9.99. The number of nitrogens with two attached hydrogens (primary N) is 1. The molecule has 0 spiro atoms. The van der Waals surface area contributed by atoms with Crippen LogP contribution in [0.5, 0.6) is 0 Å². The number of carbonyl (C=O) groups excluding carboxylic acids is 1. The number of hydrogen-bond donors (Lipinski definition) is 1. The molecular formula is C12H24N2O3. The molecule has 3 atom stereocenters. The molecule has 5 heteroatoms. The van der Waals surface area contributed by atoms with Gasteiger partial charge in [0, 0.05) is 19.6 Å². The molecular weight excluding hydrogens is 220 g/mol. The second kappa shape index (κ2) is 5.80. The van der Waals surface area contributed by atoms with Gasteiger partial charge in [-0.2, -0.15) is 0 Å². The molecule has 0 aliphatic carbocycles. The van der Waals surface area contributed by atoms with Gasteiger partial charge in [-0.05, 0) is 27.2 Å². The number of morpholine rings is 1. The third kappa shape index (κ3) is 4.26. The Balaban J connectivity index is 2.42. The Morgan fingerprint density at radius 3 is 2.47 bits per heavy atom. The lowest BCUT2D eigenvalue weighted by Crippen LogP contribution is -2.51. The molecule has 0 amide bonds. The van der Waals surface area contributed by atoms with E-state index >= 15 is 0 Å². The van der Waals surface area contributed by atoms with Crippen LogP contribution in [0.15, 0.2) is 0 Å². The molecule has 0 radical (unpaired) electrons. The van der Waals surface area contributed by atoms with E-state index in [0.29, 0.717) is 6.42 Å². The molecule has 1 rings (SSSR count). The SMILES string of the molecule is COC(=O)C(C)(N)CCN1CC(C)OC(C)C1. The van der Waals surface area contributed by atoms with Gasteiger partial charge in [-0.25, -0.2) is 0 Å². The number of methoxy groups -OCH3 is 1. The third-order valence-electron chi connectivity index (χ3n) is 3.09. The van der Waals surface area contributed by atoms with Crippen molar-refractivity contribution in [2.24, 2.45) is 5.73 Å². The van der Waals surface area contributed by atoms with Crippen LogP contribution in [0.4, 0.5) is 0 Å². The third-order valence-corrected chi connectivity index (χ3v) is 3.09. The fraction of sp³-hybridized carbons (Fsp3) is 0.917. The summed E-state index contributed by atoms with van der Waals surface area (Å²) in [5, 5.41) is 0. The van der Waals surface area contributed by atoms with Crippen LogP contribution in [-0.2, 0) is 14.3 Å². The molecule has 3 unspecified atom stereocenters. The normalized spacial score (nSPS) is 29.7. The molecule has 1 fully saturated rings. The first-order valence-electron chi connectivity index (χ1n) is 6.10. The summed E-state index contributed by atoms with van der Waals surface area (Å²) < 4.78 is 10.3. The zero-order valence-electron chi connectivity index (χ0n) is 11.2. The lowest BCUT2D eigenvalue weighted by molar-refractivity contribution is -0.147. The zero-order valence-corrected chi connectivity index (χ0v) is 11.2. The standard InChI is InChI=1S/C12H24N2O3/c1-9-7-14(8-10(2)17-9)6-5-12(3,13)11(15)16-4/h9-10H,5-8,13H2,1-4H3. The Bertz CT molecular complexity index is 258. The van der Waals surface area contributed by atoms with Gasteiger partial charge in [-0.15, -0.1) is 0 Å². The van der Waals surface area contributed by atoms with Gasteiger partial charge in [0.2, 0.25) is 0 Å². The maximum absolute atomic E-state index is 11.4. The second-order valence-corrected chi connectivity index (χ2v) is 5.18. The van der Waals surface area contributed by atoms with Gasteiger partial charge in [0.1, 0.15) is 5.54 Å². The summed E-state index contributed by atoms with van der Waals surface area (Å²) in [6.07, 6.45) is 1.07. The summed E-state index contributed by atoms with van der Waals surface area (Å²) in [5.74, 6) is -0.355. The number of esters is 1. The highest BCUT2D eigenvalue weighted by molar-refractivity contribution is 5.79. The number of nitrogens with zero attached hydrogens (tertiary/aromatic N) is 1. The minimum absolute atomic E-state index is 0.237. The minimum Gasteiger partial charge on any atom is -0.468 e. The maximum Gasteiger partial charge on any atom is 0.325 e. The van der Waals surface area contributed by atoms with Crippen molar-refractivity contribution in [3.63, 3.8) is 0 Å². The van der Waals surface area contributed by atoms with Crippen molar-refractivity contribution >= 4 is 5.97 Å². The Morgan fingerprint density at radius 2 is 2.00 bits per heavy atom. The van der Waals surface area contributed by atoms with Gasteiger partial charge >= 0.3 is 5.97 Å². The first-order valence-corrected chi connectivity index (χ1v) is 6.10. The van der Waals surface area contributed by atoms with E-state index in [0.717, 1.165) is 19.6 Å². The van der Waals surface area contributed by atoms with Crippen molar-refractivity contribution in [2.45, 2.75) is 44.9 Å². The molecule has 0 aromatic carbocycles. The van der Waals surface area contributed by atoms with Gasteiger partial charge in [-0.1, -0.05) is 0 Å². The van der Waals surface area contributed by atoms with Crippen molar-refractivity contribution in [1.29, 1.82) is 0 Å². The summed E-state index contributed by atoms with van der Waals surface area (Å²) in [7, 11) is 1.37. The summed E-state index contributed by atoms with van der Waals surface area (Å²) in [6, 6.07) is 0. The smallest absolute Gasteiger partial charge is 0.325 e. The molecule has 5 nitrogen and oxygen atoms in total. The van der Waals surface area contributed by atoms with Crippen LogP contribution in [0.2, 0.25) is 0 Å². The van der Waals surface area contributed by atoms with Gasteiger partial charge in [-0.3, -0.25) is 9.69 Å². The predicted octanol–water partition coefficient (Wildman–Crippen LogP) is 0.376. The highest BCUT2D eigenvalue weighted by Crippen LogP contribution is 2.14. The summed E-state index contributed by atoms with van der Waals surface area (Å²) in [4.78, 5) is 13.7. The van der Waals surface area contributed by atoms with Crippen molar-refractivity contribution < 1.29 is 14.3 Å². The molecule has 0 aromatic rings. The molecule has 17 heavy (non-hydrogen) atoms. The van der Waals surface area contributed by atoms with Crippen LogP contribution < -0.4 is 5.73 Å². The number of carbonyl (C=O) groups is 1. The number of ether oxygens (including phenoxy) is 2. The molecule has 0 saturated carbocycles. The molecule has 100 valence electrons. The van der Waals surface area contributed by atoms with Gasteiger partial charge in [0.05, 0.1) is 19.3 Å². The van der Waals surface area contributed by atoms with Crippen molar-refractivity contribution in [3.05, 3.63) is 0 Å². The van der Waals surface area contributed by atoms with Gasteiger partial charge in [0.25, 0.3) is 0 Å². The van der Waals surface area contributed by atoms with Crippen LogP contribution in [0.3, 0.4) is 0 Å².